The molecule has 3 aromatic rings. The van der Waals surface area contributed by atoms with Gasteiger partial charge >= 0.3 is 6.36 Å². The van der Waals surface area contributed by atoms with Crippen LogP contribution in [0.25, 0.3) is 10.9 Å². The maximum absolute atomic E-state index is 12.1. The van der Waals surface area contributed by atoms with E-state index in [1.54, 1.807) is 18.3 Å². The molecule has 36 heavy (non-hydrogen) atoms. The predicted octanol–water partition coefficient (Wildman–Crippen LogP) is 4.89. The molecule has 1 amide bonds. The molecule has 1 aliphatic heterocycles. The Morgan fingerprint density at radius 1 is 1.11 bits per heavy atom. The van der Waals surface area contributed by atoms with Crippen molar-refractivity contribution < 1.29 is 27.4 Å². The van der Waals surface area contributed by atoms with Crippen LogP contribution in [0.5, 0.6) is 11.5 Å². The summed E-state index contributed by atoms with van der Waals surface area (Å²) in [6.07, 6.45) is 0.628. The maximum Gasteiger partial charge on any atom is 0.573 e. The number of hydrogen-bond donors (Lipinski definition) is 2. The molecule has 1 saturated heterocycles. The number of likely N-dealkylation sites (tertiary alicyclic amines) is 1. The summed E-state index contributed by atoms with van der Waals surface area (Å²) < 4.78 is 45.4. The molecule has 10 heteroatoms. The zero-order valence-electron chi connectivity index (χ0n) is 20.3. The van der Waals surface area contributed by atoms with Crippen LogP contribution < -0.4 is 20.5 Å². The van der Waals surface area contributed by atoms with Gasteiger partial charge in [-0.3, -0.25) is 9.78 Å². The largest absolute Gasteiger partial charge is 0.573 e. The smallest absolute Gasteiger partial charge is 0.484 e. The number of carbonyl (C=O) groups excluding carboxylic acids is 1. The molecule has 194 valence electrons. The minimum Gasteiger partial charge on any atom is -0.484 e. The number of pyridine rings is 1. The van der Waals surface area contributed by atoms with E-state index in [1.165, 1.54) is 44.5 Å². The molecule has 4 rings (SSSR count). The van der Waals surface area contributed by atoms with E-state index in [9.17, 15) is 18.0 Å². The first-order chi connectivity index (χ1) is 17.1. The van der Waals surface area contributed by atoms with Gasteiger partial charge in [-0.1, -0.05) is 0 Å². The molecule has 1 aromatic heterocycles. The number of anilines is 1. The highest BCUT2D eigenvalue weighted by Gasteiger charge is 2.31. The molecule has 1 unspecified atom stereocenters. The molecule has 0 aliphatic carbocycles. The summed E-state index contributed by atoms with van der Waals surface area (Å²) in [5.41, 5.74) is 8.23. The van der Waals surface area contributed by atoms with Gasteiger partial charge in [-0.05, 0) is 100 Å². The number of alkyl halides is 3. The monoisotopic (exact) mass is 504 g/mol. The summed E-state index contributed by atoms with van der Waals surface area (Å²) in [4.78, 5) is 18.6. The fraction of sp³-hybridized carbons (Fsp3) is 0.385. The highest BCUT2D eigenvalue weighted by molar-refractivity contribution is 5.95. The van der Waals surface area contributed by atoms with Crippen molar-refractivity contribution in [1.82, 2.24) is 9.88 Å². The Labute approximate surface area is 208 Å². The van der Waals surface area contributed by atoms with Crippen LogP contribution in [0.15, 0.2) is 54.7 Å². The van der Waals surface area contributed by atoms with Gasteiger partial charge in [0.25, 0.3) is 5.91 Å². The van der Waals surface area contributed by atoms with Crippen molar-refractivity contribution in [2.45, 2.75) is 38.6 Å². The van der Waals surface area contributed by atoms with E-state index >= 15 is 0 Å². The molecule has 0 radical (unpaired) electrons. The zero-order valence-corrected chi connectivity index (χ0v) is 20.3. The van der Waals surface area contributed by atoms with E-state index in [1.807, 2.05) is 19.1 Å². The number of amides is 1. The SMILES string of the molecule is CN1CCCC(N)CC1.Cc1ccnc2ccc(NC(=O)COc3ccc(OC(F)(F)F)cc3)cc12. The van der Waals surface area contributed by atoms with Gasteiger partial charge in [0, 0.05) is 23.3 Å². The summed E-state index contributed by atoms with van der Waals surface area (Å²) >= 11 is 0. The van der Waals surface area contributed by atoms with Gasteiger partial charge in [-0.15, -0.1) is 13.2 Å². The average Bonchev–Trinajstić information content (AvgIpc) is 3.01. The lowest BCUT2D eigenvalue weighted by molar-refractivity contribution is -0.274. The van der Waals surface area contributed by atoms with Gasteiger partial charge in [0.2, 0.25) is 0 Å². The molecule has 1 fully saturated rings. The Morgan fingerprint density at radius 3 is 2.56 bits per heavy atom. The fourth-order valence-electron chi connectivity index (χ4n) is 3.71. The molecule has 1 aliphatic rings. The van der Waals surface area contributed by atoms with Crippen molar-refractivity contribution in [2.24, 2.45) is 5.73 Å². The first-order valence-corrected chi connectivity index (χ1v) is 11.7. The van der Waals surface area contributed by atoms with Crippen LogP contribution in [-0.2, 0) is 4.79 Å². The first-order valence-electron chi connectivity index (χ1n) is 11.7. The Morgan fingerprint density at radius 2 is 1.83 bits per heavy atom. The standard InChI is InChI=1S/C19H15F3N2O3.C7H16N2/c1-12-8-9-23-17-7-2-13(10-16(12)17)24-18(25)11-26-14-3-5-15(6-4-14)27-19(20,21)22;1-9-5-2-3-7(8)4-6-9/h2-10H,11H2,1H3,(H,24,25);7H,2-6,8H2,1H3. The summed E-state index contributed by atoms with van der Waals surface area (Å²) in [5, 5.41) is 3.64. The Hall–Kier alpha value is -3.37. The first kappa shape index (κ1) is 27.2. The number of ether oxygens (including phenoxy) is 2. The molecular weight excluding hydrogens is 473 g/mol. The highest BCUT2D eigenvalue weighted by Crippen LogP contribution is 2.25. The number of nitrogens with one attached hydrogen (secondary N) is 1. The fourth-order valence-corrected chi connectivity index (χ4v) is 3.71. The van der Waals surface area contributed by atoms with Crippen LogP contribution in [0.1, 0.15) is 24.8 Å². The lowest BCUT2D eigenvalue weighted by Gasteiger charge is -2.11. The number of nitrogens with zero attached hydrogens (tertiary/aromatic N) is 2. The molecule has 1 atom stereocenters. The third-order valence-corrected chi connectivity index (χ3v) is 5.67. The summed E-state index contributed by atoms with van der Waals surface area (Å²) in [6, 6.07) is 12.5. The molecule has 0 bridgehead atoms. The van der Waals surface area contributed by atoms with Gasteiger partial charge in [0.15, 0.2) is 6.61 Å². The van der Waals surface area contributed by atoms with E-state index in [2.05, 4.69) is 27.0 Å². The lowest BCUT2D eigenvalue weighted by Crippen LogP contribution is -2.23. The van der Waals surface area contributed by atoms with Gasteiger partial charge in [0.05, 0.1) is 5.52 Å². The van der Waals surface area contributed by atoms with Crippen LogP contribution in [0.2, 0.25) is 0 Å². The van der Waals surface area contributed by atoms with E-state index in [0.717, 1.165) is 28.6 Å². The molecular formula is C26H31F3N4O3. The normalized spacial score (nSPS) is 16.4. The topological polar surface area (TPSA) is 89.7 Å². The second kappa shape index (κ2) is 12.5. The third kappa shape index (κ3) is 9.01. The van der Waals surface area contributed by atoms with Gasteiger partial charge in [0.1, 0.15) is 11.5 Å². The Balaban J connectivity index is 0.000000338. The summed E-state index contributed by atoms with van der Waals surface area (Å²) in [6.45, 7) is 4.07. The van der Waals surface area contributed by atoms with Crippen molar-refractivity contribution >= 4 is 22.5 Å². The highest BCUT2D eigenvalue weighted by atomic mass is 19.4. The van der Waals surface area contributed by atoms with E-state index in [0.29, 0.717) is 11.7 Å². The quantitative estimate of drug-likeness (QED) is 0.514. The maximum atomic E-state index is 12.1. The Kier molecular flexibility index (Phi) is 9.49. The van der Waals surface area contributed by atoms with Gasteiger partial charge in [-0.25, -0.2) is 0 Å². The van der Waals surface area contributed by atoms with Crippen molar-refractivity contribution in [1.29, 1.82) is 0 Å². The van der Waals surface area contributed by atoms with Crippen LogP contribution in [0.4, 0.5) is 18.9 Å². The molecule has 0 spiro atoms. The van der Waals surface area contributed by atoms with Crippen LogP contribution in [-0.4, -0.2) is 54.9 Å². The number of hydrogen-bond acceptors (Lipinski definition) is 6. The average molecular weight is 505 g/mol. The van der Waals surface area contributed by atoms with Crippen LogP contribution in [0.3, 0.4) is 0 Å². The second-order valence-electron chi connectivity index (χ2n) is 8.71. The number of fused-ring (bicyclic) bond motifs is 1. The van der Waals surface area contributed by atoms with E-state index < -0.39 is 12.3 Å². The lowest BCUT2D eigenvalue weighted by atomic mass is 10.1. The minimum atomic E-state index is -4.75. The number of rotatable bonds is 5. The number of carbonyl (C=O) groups is 1. The number of aromatic nitrogens is 1. The van der Waals surface area contributed by atoms with Crippen LogP contribution >= 0.6 is 0 Å². The number of nitrogens with two attached hydrogens (primary N) is 1. The van der Waals surface area contributed by atoms with Crippen molar-refractivity contribution in [3.8, 4) is 11.5 Å². The van der Waals surface area contributed by atoms with Gasteiger partial charge in [-0.2, -0.15) is 0 Å². The number of aryl methyl sites for hydroxylation is 1. The van der Waals surface area contributed by atoms with Gasteiger partial charge < -0.3 is 25.4 Å². The summed E-state index contributed by atoms with van der Waals surface area (Å²) in [7, 11) is 2.16. The molecule has 2 aromatic carbocycles. The molecule has 0 saturated carbocycles. The van der Waals surface area contributed by atoms with Crippen molar-refractivity contribution in [2.75, 3.05) is 32.1 Å². The summed E-state index contributed by atoms with van der Waals surface area (Å²) in [5.74, 6) is -0.510. The third-order valence-electron chi connectivity index (χ3n) is 5.67. The van der Waals surface area contributed by atoms with Crippen molar-refractivity contribution in [3.63, 3.8) is 0 Å². The number of halogens is 3. The molecule has 7 nitrogen and oxygen atoms in total. The second-order valence-corrected chi connectivity index (χ2v) is 8.71. The molecule has 2 heterocycles. The molecule has 3 N–H and O–H groups in total. The minimum absolute atomic E-state index is 0.248. The van der Waals surface area contributed by atoms with Crippen molar-refractivity contribution in [3.05, 3.63) is 60.3 Å². The number of benzene rings is 2. The van der Waals surface area contributed by atoms with Crippen LogP contribution in [0, 0.1) is 6.92 Å². The zero-order chi connectivity index (χ0) is 26.1. The Bertz CT molecular complexity index is 1130. The predicted molar refractivity (Wildman–Crippen MR) is 133 cm³/mol. The van der Waals surface area contributed by atoms with E-state index in [-0.39, 0.29) is 18.1 Å². The van der Waals surface area contributed by atoms with E-state index in [4.69, 9.17) is 10.5 Å².